The molecule has 0 saturated carbocycles. The standard InChI is InChI=1S/C25H24N4O3S/c1-16(27-15-21-4-3-11-33-21)24(30)28-20(14-26)12-17-5-7-18(8-6-17)19-9-10-23-22(13-19)29(2)25(31)32-23/h3-11,13,16,20,27H,12,15H2,1-2H3,(H,28,30)/t16-,20+/m1/s1. The minimum absolute atomic E-state index is 0.200. The molecule has 2 aromatic heterocycles. The third-order valence-electron chi connectivity index (χ3n) is 5.55. The average Bonchev–Trinajstić information content (AvgIpc) is 3.45. The summed E-state index contributed by atoms with van der Waals surface area (Å²) < 4.78 is 6.66. The minimum Gasteiger partial charge on any atom is -0.408 e. The number of amides is 1. The van der Waals surface area contributed by atoms with E-state index in [1.54, 1.807) is 31.4 Å². The molecule has 2 heterocycles. The molecular formula is C25H24N4O3S. The van der Waals surface area contributed by atoms with Gasteiger partial charge in [0.25, 0.3) is 0 Å². The van der Waals surface area contributed by atoms with Crippen LogP contribution in [0.15, 0.2) is 69.2 Å². The molecule has 7 nitrogen and oxygen atoms in total. The van der Waals surface area contributed by atoms with Gasteiger partial charge in [0.05, 0.1) is 17.6 Å². The van der Waals surface area contributed by atoms with Crippen molar-refractivity contribution in [1.82, 2.24) is 15.2 Å². The van der Waals surface area contributed by atoms with Crippen molar-refractivity contribution in [2.24, 2.45) is 7.05 Å². The first-order valence-corrected chi connectivity index (χ1v) is 11.5. The van der Waals surface area contributed by atoms with Crippen molar-refractivity contribution in [2.75, 3.05) is 0 Å². The Morgan fingerprint density at radius 1 is 1.18 bits per heavy atom. The predicted octanol–water partition coefficient (Wildman–Crippen LogP) is 3.59. The molecule has 0 aliphatic rings. The molecule has 0 bridgehead atoms. The quantitative estimate of drug-likeness (QED) is 0.419. The van der Waals surface area contributed by atoms with Gasteiger partial charge < -0.3 is 15.1 Å². The SMILES string of the molecule is C[C@@H](NCc1cccs1)C(=O)N[C@H](C#N)Cc1ccc(-c2ccc3oc(=O)n(C)c3c2)cc1. The third-order valence-corrected chi connectivity index (χ3v) is 6.42. The molecule has 4 rings (SSSR count). The second kappa shape index (κ2) is 9.86. The van der Waals surface area contributed by atoms with Crippen molar-refractivity contribution in [3.05, 3.63) is 81.0 Å². The van der Waals surface area contributed by atoms with Gasteiger partial charge in [-0.2, -0.15) is 5.26 Å². The molecule has 0 aliphatic carbocycles. The first kappa shape index (κ1) is 22.5. The topological polar surface area (TPSA) is 100 Å². The lowest BCUT2D eigenvalue weighted by Gasteiger charge is -2.17. The Labute approximate surface area is 195 Å². The fourth-order valence-corrected chi connectivity index (χ4v) is 4.22. The Hall–Kier alpha value is -3.67. The van der Waals surface area contributed by atoms with Crippen molar-refractivity contribution in [3.63, 3.8) is 0 Å². The number of nitriles is 1. The van der Waals surface area contributed by atoms with Crippen LogP contribution < -0.4 is 16.4 Å². The number of aromatic nitrogens is 1. The van der Waals surface area contributed by atoms with Gasteiger partial charge in [0.2, 0.25) is 5.91 Å². The summed E-state index contributed by atoms with van der Waals surface area (Å²) in [5.74, 6) is -0.591. The maximum absolute atomic E-state index is 12.5. The van der Waals surface area contributed by atoms with Crippen molar-refractivity contribution in [1.29, 1.82) is 5.26 Å². The molecule has 4 aromatic rings. The number of thiophene rings is 1. The first-order chi connectivity index (χ1) is 15.9. The van der Waals surface area contributed by atoms with Crippen LogP contribution in [-0.2, 0) is 24.8 Å². The Balaban J connectivity index is 1.38. The molecule has 2 aromatic carbocycles. The van der Waals surface area contributed by atoms with Gasteiger partial charge >= 0.3 is 5.76 Å². The summed E-state index contributed by atoms with van der Waals surface area (Å²) in [6.45, 7) is 2.41. The summed E-state index contributed by atoms with van der Waals surface area (Å²) in [6, 6.07) is 18.6. The Kier molecular flexibility index (Phi) is 6.73. The zero-order chi connectivity index (χ0) is 23.4. The van der Waals surface area contributed by atoms with Gasteiger partial charge in [-0.1, -0.05) is 36.4 Å². The highest BCUT2D eigenvalue weighted by atomic mass is 32.1. The summed E-state index contributed by atoms with van der Waals surface area (Å²) in [5, 5.41) is 17.5. The number of nitrogens with one attached hydrogen (secondary N) is 2. The number of carbonyl (C=O) groups excluding carboxylic acids is 1. The minimum atomic E-state index is -0.619. The Morgan fingerprint density at radius 3 is 2.64 bits per heavy atom. The van der Waals surface area contributed by atoms with Crippen molar-refractivity contribution in [2.45, 2.75) is 32.0 Å². The number of carbonyl (C=O) groups is 1. The van der Waals surface area contributed by atoms with Crippen LogP contribution in [0.25, 0.3) is 22.2 Å². The van der Waals surface area contributed by atoms with E-state index in [-0.39, 0.29) is 5.91 Å². The fraction of sp³-hybridized carbons (Fsp3) is 0.240. The number of oxazole rings is 1. The van der Waals surface area contributed by atoms with E-state index in [0.717, 1.165) is 27.1 Å². The number of hydrogen-bond acceptors (Lipinski definition) is 6. The highest BCUT2D eigenvalue weighted by molar-refractivity contribution is 7.09. The molecule has 2 N–H and O–H groups in total. The van der Waals surface area contributed by atoms with Crippen LogP contribution in [0.1, 0.15) is 17.4 Å². The second-order valence-corrected chi connectivity index (χ2v) is 8.92. The van der Waals surface area contributed by atoms with E-state index in [1.165, 1.54) is 4.57 Å². The summed E-state index contributed by atoms with van der Waals surface area (Å²) in [7, 11) is 1.68. The molecule has 0 radical (unpaired) electrons. The van der Waals surface area contributed by atoms with Crippen LogP contribution in [0.5, 0.6) is 0 Å². The van der Waals surface area contributed by atoms with E-state index in [4.69, 9.17) is 4.42 Å². The fourth-order valence-electron chi connectivity index (χ4n) is 3.56. The maximum Gasteiger partial charge on any atom is 0.419 e. The van der Waals surface area contributed by atoms with Crippen LogP contribution >= 0.6 is 11.3 Å². The normalized spacial score (nSPS) is 12.9. The number of benzene rings is 2. The molecule has 0 fully saturated rings. The molecule has 0 saturated heterocycles. The van der Waals surface area contributed by atoms with E-state index in [1.807, 2.05) is 53.9 Å². The van der Waals surface area contributed by atoms with Crippen molar-refractivity contribution in [3.8, 4) is 17.2 Å². The Morgan fingerprint density at radius 2 is 1.94 bits per heavy atom. The van der Waals surface area contributed by atoms with Gasteiger partial charge in [0.1, 0.15) is 6.04 Å². The van der Waals surface area contributed by atoms with Crippen LogP contribution in [0.2, 0.25) is 0 Å². The highest BCUT2D eigenvalue weighted by Gasteiger charge is 2.18. The predicted molar refractivity (Wildman–Crippen MR) is 129 cm³/mol. The zero-order valence-corrected chi connectivity index (χ0v) is 19.2. The monoisotopic (exact) mass is 460 g/mol. The lowest BCUT2D eigenvalue weighted by atomic mass is 10.0. The lowest BCUT2D eigenvalue weighted by Crippen LogP contribution is -2.46. The van der Waals surface area contributed by atoms with Crippen LogP contribution in [0.4, 0.5) is 0 Å². The van der Waals surface area contributed by atoms with E-state index in [9.17, 15) is 14.9 Å². The molecular weight excluding hydrogens is 436 g/mol. The smallest absolute Gasteiger partial charge is 0.408 e. The largest absolute Gasteiger partial charge is 0.419 e. The van der Waals surface area contributed by atoms with Gasteiger partial charge in [0.15, 0.2) is 5.58 Å². The number of fused-ring (bicyclic) bond motifs is 1. The van der Waals surface area contributed by atoms with E-state index < -0.39 is 17.8 Å². The number of hydrogen-bond donors (Lipinski definition) is 2. The number of aryl methyl sites for hydroxylation is 1. The van der Waals surface area contributed by atoms with Gasteiger partial charge in [-0.25, -0.2) is 4.79 Å². The van der Waals surface area contributed by atoms with E-state index >= 15 is 0 Å². The average molecular weight is 461 g/mol. The van der Waals surface area contributed by atoms with Crippen molar-refractivity contribution < 1.29 is 9.21 Å². The van der Waals surface area contributed by atoms with Crippen LogP contribution in [-0.4, -0.2) is 22.6 Å². The highest BCUT2D eigenvalue weighted by Crippen LogP contribution is 2.24. The van der Waals surface area contributed by atoms with Crippen LogP contribution in [0.3, 0.4) is 0 Å². The maximum atomic E-state index is 12.5. The van der Waals surface area contributed by atoms with E-state index in [2.05, 4.69) is 16.7 Å². The van der Waals surface area contributed by atoms with Crippen molar-refractivity contribution >= 4 is 28.3 Å². The molecule has 0 aliphatic heterocycles. The summed E-state index contributed by atoms with van der Waals surface area (Å²) >= 11 is 1.63. The second-order valence-electron chi connectivity index (χ2n) is 7.88. The van der Waals surface area contributed by atoms with Crippen LogP contribution in [0, 0.1) is 11.3 Å². The molecule has 8 heteroatoms. The molecule has 1 amide bonds. The number of rotatable bonds is 8. The van der Waals surface area contributed by atoms with Gasteiger partial charge in [0, 0.05) is 24.9 Å². The van der Waals surface area contributed by atoms with Gasteiger partial charge in [-0.15, -0.1) is 11.3 Å². The summed E-state index contributed by atoms with van der Waals surface area (Å²) in [6.07, 6.45) is 0.412. The Bertz CT molecular complexity index is 1350. The summed E-state index contributed by atoms with van der Waals surface area (Å²) in [4.78, 5) is 25.3. The first-order valence-electron chi connectivity index (χ1n) is 10.6. The lowest BCUT2D eigenvalue weighted by molar-refractivity contribution is -0.123. The molecule has 0 spiro atoms. The van der Waals surface area contributed by atoms with Gasteiger partial charge in [-0.3, -0.25) is 9.36 Å². The molecule has 0 unspecified atom stereocenters. The van der Waals surface area contributed by atoms with Gasteiger partial charge in [-0.05, 0) is 47.2 Å². The zero-order valence-electron chi connectivity index (χ0n) is 18.4. The number of nitrogens with zero attached hydrogens (tertiary/aromatic N) is 2. The molecule has 33 heavy (non-hydrogen) atoms. The molecule has 168 valence electrons. The molecule has 2 atom stereocenters. The third kappa shape index (κ3) is 5.22. The summed E-state index contributed by atoms with van der Waals surface area (Å²) in [5.41, 5.74) is 4.17. The van der Waals surface area contributed by atoms with E-state index in [0.29, 0.717) is 18.5 Å².